The fourth-order valence-electron chi connectivity index (χ4n) is 6.58. The van der Waals surface area contributed by atoms with Gasteiger partial charge < -0.3 is 24.2 Å². The van der Waals surface area contributed by atoms with Crippen molar-refractivity contribution in [2.75, 3.05) is 32.8 Å². The summed E-state index contributed by atoms with van der Waals surface area (Å²) in [5.74, 6) is -0.346. The van der Waals surface area contributed by atoms with E-state index in [0.717, 1.165) is 51.7 Å². The number of ether oxygens (including phenoxy) is 3. The first-order chi connectivity index (χ1) is 13.4. The number of rotatable bonds is 2. The number of allylic oxidation sites excluding steroid dienone is 1. The van der Waals surface area contributed by atoms with E-state index in [0.29, 0.717) is 19.1 Å². The molecule has 6 atom stereocenters. The first kappa shape index (κ1) is 19.0. The van der Waals surface area contributed by atoms with Crippen LogP contribution in [0.3, 0.4) is 0 Å². The van der Waals surface area contributed by atoms with E-state index >= 15 is 0 Å². The van der Waals surface area contributed by atoms with Crippen LogP contribution in [-0.2, 0) is 19.0 Å². The normalized spacial score (nSPS) is 45.5. The molecule has 0 aromatic carbocycles. The molecule has 0 bridgehead atoms. The number of aliphatic hydroxyl groups excluding tert-OH is 1. The van der Waals surface area contributed by atoms with Gasteiger partial charge in [0.1, 0.15) is 12.0 Å². The van der Waals surface area contributed by atoms with Gasteiger partial charge in [-0.25, -0.2) is 0 Å². The highest BCUT2D eigenvalue weighted by atomic mass is 16.7. The SMILES string of the molecule is C[C@@H]1CCC=C2C[C@H]3OC(=O)[C@H](C[NH+]4CCC5(CC4)OCCO5)[C@H]3[C@H](O)[C@@]21C. The van der Waals surface area contributed by atoms with Crippen LogP contribution in [0, 0.1) is 23.2 Å². The fraction of sp³-hybridized carbons (Fsp3) is 0.864. The molecular weight excluding hydrogens is 358 g/mol. The molecule has 0 amide bonds. The molecule has 1 spiro atoms. The first-order valence-electron chi connectivity index (χ1n) is 11.1. The third-order valence-corrected chi connectivity index (χ3v) is 8.61. The van der Waals surface area contributed by atoms with Crippen LogP contribution in [0.25, 0.3) is 0 Å². The van der Waals surface area contributed by atoms with Crippen LogP contribution in [0.1, 0.15) is 46.0 Å². The largest absolute Gasteiger partial charge is 0.461 e. The number of quaternary nitrogens is 1. The number of nitrogens with one attached hydrogen (secondary N) is 1. The minimum absolute atomic E-state index is 0.0856. The summed E-state index contributed by atoms with van der Waals surface area (Å²) in [6.45, 7) is 8.46. The molecule has 3 saturated heterocycles. The van der Waals surface area contributed by atoms with Gasteiger partial charge >= 0.3 is 5.97 Å². The van der Waals surface area contributed by atoms with E-state index in [-0.39, 0.29) is 35.1 Å². The standard InChI is InChI=1S/C22H33NO5/c1-14-4-3-5-15-12-17-18(19(24)21(14,15)2)16(20(25)28-17)13-23-8-6-22(7-9-23)26-10-11-27-22/h5,14,16-19,24H,3-4,6-13H2,1-2H3/p+1/t14-,16-,17-,18-,19+,21-/m1/s1. The quantitative estimate of drug-likeness (QED) is 0.535. The third-order valence-electron chi connectivity index (χ3n) is 8.61. The minimum atomic E-state index is -0.513. The molecule has 3 heterocycles. The molecule has 5 rings (SSSR count). The van der Waals surface area contributed by atoms with Gasteiger partial charge in [0.2, 0.25) is 0 Å². The lowest BCUT2D eigenvalue weighted by molar-refractivity contribution is -0.911. The van der Waals surface area contributed by atoms with E-state index in [9.17, 15) is 9.90 Å². The molecule has 0 aromatic heterocycles. The van der Waals surface area contributed by atoms with Gasteiger partial charge in [0.25, 0.3) is 0 Å². The van der Waals surface area contributed by atoms with Crippen molar-refractivity contribution in [1.29, 1.82) is 0 Å². The molecule has 6 nitrogen and oxygen atoms in total. The number of likely N-dealkylation sites (tertiary alicyclic amines) is 1. The smallest absolute Gasteiger partial charge is 0.315 e. The van der Waals surface area contributed by atoms with Gasteiger partial charge in [0, 0.05) is 17.8 Å². The number of esters is 1. The highest BCUT2D eigenvalue weighted by Crippen LogP contribution is 2.55. The molecule has 0 radical (unpaired) electrons. The Morgan fingerprint density at radius 3 is 2.68 bits per heavy atom. The summed E-state index contributed by atoms with van der Waals surface area (Å²) in [5.41, 5.74) is 1.08. The molecule has 3 aliphatic heterocycles. The molecule has 2 aliphatic carbocycles. The van der Waals surface area contributed by atoms with E-state index in [1.54, 1.807) is 0 Å². The molecule has 0 aromatic rings. The first-order valence-corrected chi connectivity index (χ1v) is 11.1. The zero-order chi connectivity index (χ0) is 19.5. The zero-order valence-corrected chi connectivity index (χ0v) is 17.1. The molecular formula is C22H34NO5+. The molecule has 6 heteroatoms. The molecule has 4 fully saturated rings. The molecule has 0 unspecified atom stereocenters. The second-order valence-electron chi connectivity index (χ2n) is 9.86. The van der Waals surface area contributed by atoms with Crippen LogP contribution in [0.15, 0.2) is 11.6 Å². The average molecular weight is 393 g/mol. The fourth-order valence-corrected chi connectivity index (χ4v) is 6.58. The number of hydrogen-bond acceptors (Lipinski definition) is 5. The summed E-state index contributed by atoms with van der Waals surface area (Å²) in [4.78, 5) is 14.2. The predicted octanol–water partition coefficient (Wildman–Crippen LogP) is 0.693. The number of piperidine rings is 1. The number of carbonyl (C=O) groups is 1. The summed E-state index contributed by atoms with van der Waals surface area (Å²) in [6, 6.07) is 0. The number of fused-ring (bicyclic) bond motifs is 2. The highest BCUT2D eigenvalue weighted by molar-refractivity contribution is 5.76. The van der Waals surface area contributed by atoms with Gasteiger partial charge in [-0.05, 0) is 18.8 Å². The Balaban J connectivity index is 1.31. The third kappa shape index (κ3) is 2.79. The predicted molar refractivity (Wildman–Crippen MR) is 102 cm³/mol. The van der Waals surface area contributed by atoms with Crippen molar-refractivity contribution < 1.29 is 29.0 Å². The topological polar surface area (TPSA) is 69.4 Å². The summed E-state index contributed by atoms with van der Waals surface area (Å²) >= 11 is 0. The van der Waals surface area contributed by atoms with E-state index in [1.807, 2.05) is 0 Å². The summed E-state index contributed by atoms with van der Waals surface area (Å²) in [7, 11) is 0. The highest BCUT2D eigenvalue weighted by Gasteiger charge is 2.60. The van der Waals surface area contributed by atoms with Crippen molar-refractivity contribution in [3.05, 3.63) is 11.6 Å². The van der Waals surface area contributed by atoms with E-state index in [4.69, 9.17) is 14.2 Å². The number of aliphatic hydroxyl groups is 1. The maximum atomic E-state index is 12.8. The van der Waals surface area contributed by atoms with Crippen molar-refractivity contribution >= 4 is 5.97 Å². The van der Waals surface area contributed by atoms with Crippen molar-refractivity contribution in [1.82, 2.24) is 0 Å². The Morgan fingerprint density at radius 2 is 1.96 bits per heavy atom. The second kappa shape index (κ2) is 6.79. The summed E-state index contributed by atoms with van der Waals surface area (Å²) < 4.78 is 17.5. The van der Waals surface area contributed by atoms with Gasteiger partial charge in [-0.1, -0.05) is 25.5 Å². The Morgan fingerprint density at radius 1 is 1.25 bits per heavy atom. The number of carbonyl (C=O) groups excluding carboxylic acids is 1. The number of hydrogen-bond donors (Lipinski definition) is 2. The molecule has 28 heavy (non-hydrogen) atoms. The maximum Gasteiger partial charge on any atom is 0.315 e. The van der Waals surface area contributed by atoms with E-state index < -0.39 is 6.10 Å². The van der Waals surface area contributed by atoms with Crippen LogP contribution < -0.4 is 4.90 Å². The van der Waals surface area contributed by atoms with Crippen LogP contribution >= 0.6 is 0 Å². The Bertz CT molecular complexity index is 662. The molecule has 2 N–H and O–H groups in total. The monoisotopic (exact) mass is 392 g/mol. The van der Waals surface area contributed by atoms with Gasteiger partial charge in [-0.3, -0.25) is 4.79 Å². The van der Waals surface area contributed by atoms with Crippen LogP contribution in [0.5, 0.6) is 0 Å². The average Bonchev–Trinajstić information content (AvgIpc) is 3.25. The summed E-state index contributed by atoms with van der Waals surface area (Å²) in [6.07, 6.45) is 6.34. The van der Waals surface area contributed by atoms with Crippen molar-refractivity contribution in [2.45, 2.75) is 63.9 Å². The zero-order valence-electron chi connectivity index (χ0n) is 17.1. The van der Waals surface area contributed by atoms with Crippen molar-refractivity contribution in [3.63, 3.8) is 0 Å². The van der Waals surface area contributed by atoms with Crippen LogP contribution in [0.4, 0.5) is 0 Å². The second-order valence-corrected chi connectivity index (χ2v) is 9.86. The lowest BCUT2D eigenvalue weighted by Gasteiger charge is -2.51. The Hall–Kier alpha value is -0.950. The van der Waals surface area contributed by atoms with E-state index in [1.165, 1.54) is 10.5 Å². The van der Waals surface area contributed by atoms with Crippen molar-refractivity contribution in [2.24, 2.45) is 23.2 Å². The van der Waals surface area contributed by atoms with Gasteiger partial charge in [-0.15, -0.1) is 0 Å². The molecule has 1 saturated carbocycles. The lowest BCUT2D eigenvalue weighted by atomic mass is 9.55. The van der Waals surface area contributed by atoms with Gasteiger partial charge in [-0.2, -0.15) is 0 Å². The van der Waals surface area contributed by atoms with E-state index in [2.05, 4.69) is 19.9 Å². The molecule has 5 aliphatic rings. The summed E-state index contributed by atoms with van der Waals surface area (Å²) in [5, 5.41) is 11.5. The van der Waals surface area contributed by atoms with Crippen molar-refractivity contribution in [3.8, 4) is 0 Å². The lowest BCUT2D eigenvalue weighted by Crippen LogP contribution is -3.14. The maximum absolute atomic E-state index is 12.8. The van der Waals surface area contributed by atoms with Crippen LogP contribution in [-0.4, -0.2) is 61.9 Å². The Kier molecular flexibility index (Phi) is 4.62. The van der Waals surface area contributed by atoms with Gasteiger partial charge in [0.15, 0.2) is 5.79 Å². The minimum Gasteiger partial charge on any atom is -0.461 e. The van der Waals surface area contributed by atoms with Crippen LogP contribution in [0.2, 0.25) is 0 Å². The Labute approximate surface area is 167 Å². The molecule has 156 valence electrons. The van der Waals surface area contributed by atoms with Gasteiger partial charge in [0.05, 0.1) is 51.8 Å².